The molecule has 25 heavy (non-hydrogen) atoms. The minimum Gasteiger partial charge on any atom is -0.0654 e. The molecule has 2 rings (SSSR count). The van der Waals surface area contributed by atoms with E-state index >= 15 is 0 Å². The summed E-state index contributed by atoms with van der Waals surface area (Å²) in [6.07, 6.45) is 9.83. The van der Waals surface area contributed by atoms with Crippen molar-refractivity contribution in [1.82, 2.24) is 0 Å². The van der Waals surface area contributed by atoms with Crippen LogP contribution in [-0.2, 0) is 25.7 Å². The predicted octanol–water partition coefficient (Wildman–Crippen LogP) is 7.28. The summed E-state index contributed by atoms with van der Waals surface area (Å²) in [5, 5.41) is 0. The van der Waals surface area contributed by atoms with Crippen LogP contribution < -0.4 is 0 Å². The molecule has 0 bridgehead atoms. The molecule has 0 heteroatoms. The van der Waals surface area contributed by atoms with Crippen LogP contribution in [0.1, 0.15) is 87.1 Å². The van der Waals surface area contributed by atoms with E-state index < -0.39 is 0 Å². The van der Waals surface area contributed by atoms with Crippen LogP contribution >= 0.6 is 0 Å². The lowest BCUT2D eigenvalue weighted by Gasteiger charge is -2.18. The van der Waals surface area contributed by atoms with Crippen molar-refractivity contribution in [2.45, 2.75) is 85.0 Å². The summed E-state index contributed by atoms with van der Waals surface area (Å²) >= 11 is 0. The lowest BCUT2D eigenvalue weighted by molar-refractivity contribution is 0.544. The molecule has 0 amide bonds. The second kappa shape index (κ2) is 10.4. The fraction of sp³-hybridized carbons (Fsp3) is 0.520. The van der Waals surface area contributed by atoms with E-state index in [9.17, 15) is 0 Å². The van der Waals surface area contributed by atoms with Crippen LogP contribution in [0.4, 0.5) is 0 Å². The maximum Gasteiger partial charge on any atom is -0.0162 e. The van der Waals surface area contributed by atoms with Crippen molar-refractivity contribution in [3.8, 4) is 0 Å². The Morgan fingerprint density at radius 1 is 0.720 bits per heavy atom. The molecule has 1 unspecified atom stereocenters. The minimum atomic E-state index is 0.718. The van der Waals surface area contributed by atoms with Crippen molar-refractivity contribution in [1.29, 1.82) is 0 Å². The van der Waals surface area contributed by atoms with Crippen molar-refractivity contribution in [3.05, 3.63) is 70.3 Å². The third-order valence-electron chi connectivity index (χ3n) is 5.53. The molecular formula is C25H36. The molecule has 2 aromatic carbocycles. The Morgan fingerprint density at radius 3 is 2.16 bits per heavy atom. The first-order chi connectivity index (χ1) is 12.2. The molecule has 0 radical (unpaired) electrons. The van der Waals surface area contributed by atoms with E-state index in [4.69, 9.17) is 0 Å². The topological polar surface area (TPSA) is 0 Å². The van der Waals surface area contributed by atoms with Gasteiger partial charge in [0.2, 0.25) is 0 Å². The molecule has 0 nitrogen and oxygen atoms in total. The van der Waals surface area contributed by atoms with Gasteiger partial charge in [0.15, 0.2) is 0 Å². The van der Waals surface area contributed by atoms with Gasteiger partial charge in [-0.2, -0.15) is 0 Å². The average molecular weight is 337 g/mol. The maximum absolute atomic E-state index is 2.45. The molecule has 0 aliphatic carbocycles. The summed E-state index contributed by atoms with van der Waals surface area (Å²) in [5.74, 6) is 0.718. The van der Waals surface area contributed by atoms with Gasteiger partial charge in [-0.15, -0.1) is 0 Å². The average Bonchev–Trinajstić information content (AvgIpc) is 2.67. The fourth-order valence-electron chi connectivity index (χ4n) is 3.91. The molecule has 1 atom stereocenters. The molecule has 0 aliphatic heterocycles. The summed E-state index contributed by atoms with van der Waals surface area (Å²) in [7, 11) is 0. The lowest BCUT2D eigenvalue weighted by atomic mass is 9.87. The predicted molar refractivity (Wildman–Crippen MR) is 112 cm³/mol. The fourth-order valence-corrected chi connectivity index (χ4v) is 3.91. The molecule has 0 aromatic heterocycles. The van der Waals surface area contributed by atoms with E-state index in [0.717, 1.165) is 25.2 Å². The highest BCUT2D eigenvalue weighted by atomic mass is 14.2. The number of rotatable bonds is 10. The summed E-state index contributed by atoms with van der Waals surface area (Å²) in [5.41, 5.74) is 7.63. The molecule has 136 valence electrons. The summed E-state index contributed by atoms with van der Waals surface area (Å²) in [6.45, 7) is 9.10. The SMILES string of the molecule is CCCC(CCCc1cc(CC)ccc1CC)c1cccc(CC)c1. The van der Waals surface area contributed by atoms with Gasteiger partial charge in [-0.25, -0.2) is 0 Å². The number of hydrogen-bond donors (Lipinski definition) is 0. The molecule has 0 aliphatic rings. The molecular weight excluding hydrogens is 300 g/mol. The third-order valence-corrected chi connectivity index (χ3v) is 5.53. The second-order valence-electron chi connectivity index (χ2n) is 7.29. The van der Waals surface area contributed by atoms with Crippen LogP contribution in [0.2, 0.25) is 0 Å². The van der Waals surface area contributed by atoms with E-state index in [2.05, 4.69) is 70.2 Å². The highest BCUT2D eigenvalue weighted by molar-refractivity contribution is 5.32. The quantitative estimate of drug-likeness (QED) is 0.427. The number of benzene rings is 2. The Bertz CT molecular complexity index is 638. The molecule has 0 heterocycles. The van der Waals surface area contributed by atoms with Gasteiger partial charge in [-0.3, -0.25) is 0 Å². The van der Waals surface area contributed by atoms with Crippen molar-refractivity contribution >= 4 is 0 Å². The van der Waals surface area contributed by atoms with Gasteiger partial charge in [0.25, 0.3) is 0 Å². The first-order valence-corrected chi connectivity index (χ1v) is 10.4. The van der Waals surface area contributed by atoms with Gasteiger partial charge < -0.3 is 0 Å². The van der Waals surface area contributed by atoms with Gasteiger partial charge in [-0.05, 0) is 78.7 Å². The van der Waals surface area contributed by atoms with Crippen LogP contribution in [0.15, 0.2) is 42.5 Å². The van der Waals surface area contributed by atoms with E-state index in [-0.39, 0.29) is 0 Å². The normalized spacial score (nSPS) is 12.3. The van der Waals surface area contributed by atoms with Gasteiger partial charge in [0, 0.05) is 0 Å². The molecule has 0 saturated heterocycles. The van der Waals surface area contributed by atoms with Crippen molar-refractivity contribution in [3.63, 3.8) is 0 Å². The largest absolute Gasteiger partial charge is 0.0654 e. The molecule has 0 spiro atoms. The van der Waals surface area contributed by atoms with Crippen LogP contribution in [0.5, 0.6) is 0 Å². The highest BCUT2D eigenvalue weighted by Crippen LogP contribution is 2.28. The van der Waals surface area contributed by atoms with Gasteiger partial charge in [-0.1, -0.05) is 76.6 Å². The van der Waals surface area contributed by atoms with E-state index in [1.165, 1.54) is 48.8 Å². The van der Waals surface area contributed by atoms with E-state index in [0.29, 0.717) is 0 Å². The molecule has 0 N–H and O–H groups in total. The highest BCUT2D eigenvalue weighted by Gasteiger charge is 2.12. The smallest absolute Gasteiger partial charge is 0.0162 e. The summed E-state index contributed by atoms with van der Waals surface area (Å²) < 4.78 is 0. The third kappa shape index (κ3) is 5.73. The zero-order valence-corrected chi connectivity index (χ0v) is 16.8. The Labute approximate surface area is 155 Å². The Kier molecular flexibility index (Phi) is 8.25. The van der Waals surface area contributed by atoms with Crippen LogP contribution in [0, 0.1) is 0 Å². The van der Waals surface area contributed by atoms with E-state index in [1.54, 1.807) is 11.1 Å². The number of aryl methyl sites for hydroxylation is 4. The zero-order valence-electron chi connectivity index (χ0n) is 16.8. The first-order valence-electron chi connectivity index (χ1n) is 10.4. The van der Waals surface area contributed by atoms with Crippen LogP contribution in [0.25, 0.3) is 0 Å². The van der Waals surface area contributed by atoms with Gasteiger partial charge in [0.05, 0.1) is 0 Å². The standard InChI is InChI=1S/C25H36/c1-5-11-23(25-14-9-12-20(6-2)18-25)13-10-15-24-19-21(7-3)16-17-22(24)8-4/h9,12,14,16-19,23H,5-8,10-11,13,15H2,1-4H3. The summed E-state index contributed by atoms with van der Waals surface area (Å²) in [6, 6.07) is 16.4. The van der Waals surface area contributed by atoms with Crippen LogP contribution in [0.3, 0.4) is 0 Å². The van der Waals surface area contributed by atoms with E-state index in [1.807, 2.05) is 0 Å². The zero-order chi connectivity index (χ0) is 18.1. The molecule has 0 saturated carbocycles. The minimum absolute atomic E-state index is 0.718. The lowest BCUT2D eigenvalue weighted by Crippen LogP contribution is -2.02. The van der Waals surface area contributed by atoms with Crippen molar-refractivity contribution in [2.24, 2.45) is 0 Å². The second-order valence-corrected chi connectivity index (χ2v) is 7.29. The van der Waals surface area contributed by atoms with Crippen molar-refractivity contribution < 1.29 is 0 Å². The Balaban J connectivity index is 2.04. The van der Waals surface area contributed by atoms with Gasteiger partial charge >= 0.3 is 0 Å². The van der Waals surface area contributed by atoms with Crippen LogP contribution in [-0.4, -0.2) is 0 Å². The maximum atomic E-state index is 2.45. The van der Waals surface area contributed by atoms with Gasteiger partial charge in [0.1, 0.15) is 0 Å². The Hall–Kier alpha value is -1.56. The monoisotopic (exact) mass is 336 g/mol. The van der Waals surface area contributed by atoms with Crippen molar-refractivity contribution in [2.75, 3.05) is 0 Å². The first kappa shape index (κ1) is 19.8. The molecule has 2 aromatic rings. The number of hydrogen-bond acceptors (Lipinski definition) is 0. The molecule has 0 fully saturated rings. The summed E-state index contributed by atoms with van der Waals surface area (Å²) in [4.78, 5) is 0. The Morgan fingerprint density at radius 2 is 1.48 bits per heavy atom.